The number of carbonyl (C=O) groups is 1. The zero-order valence-electron chi connectivity index (χ0n) is 11.4. The van der Waals surface area contributed by atoms with E-state index in [9.17, 15) is 27.9 Å². The molecule has 0 aliphatic carbocycles. The fourth-order valence-electron chi connectivity index (χ4n) is 2.36. The van der Waals surface area contributed by atoms with Crippen LogP contribution in [0.1, 0.15) is 10.5 Å². The second-order valence-electron chi connectivity index (χ2n) is 4.77. The van der Waals surface area contributed by atoms with E-state index in [0.29, 0.717) is 12.1 Å². The van der Waals surface area contributed by atoms with Gasteiger partial charge in [0.1, 0.15) is 11.5 Å². The highest BCUT2D eigenvalue weighted by atomic mass is 19.2. The van der Waals surface area contributed by atoms with E-state index in [1.807, 2.05) is 0 Å². The van der Waals surface area contributed by atoms with E-state index >= 15 is 0 Å². The average molecular weight is 319 g/mol. The zero-order chi connectivity index (χ0) is 16.7. The summed E-state index contributed by atoms with van der Waals surface area (Å²) < 4.78 is 41.9. The van der Waals surface area contributed by atoms with Crippen LogP contribution in [0.3, 0.4) is 0 Å². The zero-order valence-corrected chi connectivity index (χ0v) is 11.4. The van der Waals surface area contributed by atoms with Crippen LogP contribution in [0.2, 0.25) is 0 Å². The molecule has 0 saturated heterocycles. The molecular formula is C16H8F3NO3. The second kappa shape index (κ2) is 5.28. The molecule has 0 unspecified atom stereocenters. The highest BCUT2D eigenvalue weighted by Crippen LogP contribution is 2.23. The molecule has 1 heterocycles. The molecule has 116 valence electrons. The van der Waals surface area contributed by atoms with Gasteiger partial charge in [-0.05, 0) is 18.2 Å². The van der Waals surface area contributed by atoms with E-state index in [0.717, 1.165) is 16.7 Å². The minimum atomic E-state index is -1.50. The number of aromatic carboxylic acids is 1. The van der Waals surface area contributed by atoms with Crippen molar-refractivity contribution >= 4 is 16.9 Å². The average Bonchev–Trinajstić information content (AvgIpc) is 2.50. The summed E-state index contributed by atoms with van der Waals surface area (Å²) in [4.78, 5) is 23.4. The van der Waals surface area contributed by atoms with Crippen LogP contribution in [0.4, 0.5) is 13.2 Å². The molecule has 4 nitrogen and oxygen atoms in total. The summed E-state index contributed by atoms with van der Waals surface area (Å²) in [6.45, 7) is 0. The molecule has 0 bridgehead atoms. The number of para-hydroxylation sites is 1. The van der Waals surface area contributed by atoms with Crippen molar-refractivity contribution in [1.82, 2.24) is 4.57 Å². The second-order valence-corrected chi connectivity index (χ2v) is 4.77. The predicted molar refractivity (Wildman–Crippen MR) is 76.4 cm³/mol. The van der Waals surface area contributed by atoms with Gasteiger partial charge in [-0.1, -0.05) is 12.1 Å². The van der Waals surface area contributed by atoms with Gasteiger partial charge in [-0.15, -0.1) is 0 Å². The van der Waals surface area contributed by atoms with Gasteiger partial charge in [-0.25, -0.2) is 18.0 Å². The Hall–Kier alpha value is -3.09. The topological polar surface area (TPSA) is 59.3 Å². The molecule has 7 heteroatoms. The molecule has 0 spiro atoms. The Morgan fingerprint density at radius 3 is 2.26 bits per heavy atom. The maximum absolute atomic E-state index is 14.1. The lowest BCUT2D eigenvalue weighted by Crippen LogP contribution is -2.18. The van der Waals surface area contributed by atoms with E-state index in [-0.39, 0.29) is 16.6 Å². The van der Waals surface area contributed by atoms with Gasteiger partial charge in [0.2, 0.25) is 0 Å². The van der Waals surface area contributed by atoms with E-state index in [1.54, 1.807) is 0 Å². The Morgan fingerprint density at radius 1 is 0.957 bits per heavy atom. The van der Waals surface area contributed by atoms with Crippen molar-refractivity contribution in [3.63, 3.8) is 0 Å². The minimum absolute atomic E-state index is 0.194. The number of benzene rings is 2. The van der Waals surface area contributed by atoms with Crippen LogP contribution in [0.25, 0.3) is 16.6 Å². The van der Waals surface area contributed by atoms with Crippen molar-refractivity contribution in [1.29, 1.82) is 0 Å². The monoisotopic (exact) mass is 319 g/mol. The van der Waals surface area contributed by atoms with E-state index in [2.05, 4.69) is 0 Å². The van der Waals surface area contributed by atoms with Gasteiger partial charge in [-0.3, -0.25) is 4.79 Å². The van der Waals surface area contributed by atoms with Gasteiger partial charge in [-0.2, -0.15) is 0 Å². The predicted octanol–water partition coefficient (Wildman–Crippen LogP) is 3.11. The summed E-state index contributed by atoms with van der Waals surface area (Å²) in [6.07, 6.45) is 0. The van der Waals surface area contributed by atoms with Crippen molar-refractivity contribution < 1.29 is 23.1 Å². The first kappa shape index (κ1) is 14.8. The molecule has 2 aromatic carbocycles. The first-order valence-corrected chi connectivity index (χ1v) is 6.43. The number of halogens is 3. The number of rotatable bonds is 2. The fraction of sp³-hybridized carbons (Fsp3) is 0. The van der Waals surface area contributed by atoms with Crippen LogP contribution in [0.5, 0.6) is 0 Å². The first-order chi connectivity index (χ1) is 10.9. The fourth-order valence-corrected chi connectivity index (χ4v) is 2.36. The molecule has 0 aliphatic heterocycles. The Kier molecular flexibility index (Phi) is 3.40. The van der Waals surface area contributed by atoms with Crippen LogP contribution in [0, 0.1) is 17.5 Å². The third-order valence-electron chi connectivity index (χ3n) is 3.37. The maximum Gasteiger partial charge on any atom is 0.353 e. The number of aromatic nitrogens is 1. The van der Waals surface area contributed by atoms with Crippen molar-refractivity contribution in [2.75, 3.05) is 0 Å². The molecule has 0 saturated carbocycles. The number of nitrogens with zero attached hydrogens (tertiary/aromatic N) is 1. The molecule has 3 aromatic rings. The summed E-state index contributed by atoms with van der Waals surface area (Å²) in [5.41, 5.74) is -1.79. The highest BCUT2D eigenvalue weighted by molar-refractivity contribution is 5.92. The summed E-state index contributed by atoms with van der Waals surface area (Å²) in [6, 6.07) is 7.28. The number of carboxylic acids is 1. The van der Waals surface area contributed by atoms with Gasteiger partial charge in [0.25, 0.3) is 0 Å². The summed E-state index contributed by atoms with van der Waals surface area (Å²) in [7, 11) is 0. The van der Waals surface area contributed by atoms with E-state index < -0.39 is 34.5 Å². The lowest BCUT2D eigenvalue weighted by atomic mass is 10.1. The molecular weight excluding hydrogens is 311 g/mol. The molecule has 3 rings (SSSR count). The normalized spacial score (nSPS) is 10.9. The lowest BCUT2D eigenvalue weighted by molar-refractivity contribution is 0.0687. The van der Waals surface area contributed by atoms with E-state index in [1.165, 1.54) is 18.2 Å². The molecule has 0 fully saturated rings. The molecule has 0 aliphatic rings. The van der Waals surface area contributed by atoms with E-state index in [4.69, 9.17) is 0 Å². The molecule has 0 atom stereocenters. The molecule has 1 N–H and O–H groups in total. The van der Waals surface area contributed by atoms with Crippen LogP contribution in [-0.4, -0.2) is 15.6 Å². The van der Waals surface area contributed by atoms with Gasteiger partial charge < -0.3 is 9.67 Å². The number of carboxylic acid groups (broad SMARTS) is 1. The first-order valence-electron chi connectivity index (χ1n) is 6.43. The largest absolute Gasteiger partial charge is 0.477 e. The van der Waals surface area contributed by atoms with Crippen LogP contribution < -0.4 is 5.43 Å². The molecule has 23 heavy (non-hydrogen) atoms. The van der Waals surface area contributed by atoms with Crippen molar-refractivity contribution in [3.8, 4) is 5.69 Å². The van der Waals surface area contributed by atoms with Crippen LogP contribution >= 0.6 is 0 Å². The standard InChI is InChI=1S/C16H8F3NO3/c17-9-3-1-2-4-12(9)20-13-6-11(19)10(18)5-8(13)15(21)7-14(20)16(22)23/h1-7H,(H,22,23). The van der Waals surface area contributed by atoms with Crippen molar-refractivity contribution in [2.45, 2.75) is 0 Å². The lowest BCUT2D eigenvalue weighted by Gasteiger charge is -2.15. The molecule has 0 radical (unpaired) electrons. The summed E-state index contributed by atoms with van der Waals surface area (Å²) in [5, 5.41) is 9.02. The number of hydrogen-bond acceptors (Lipinski definition) is 2. The number of fused-ring (bicyclic) bond motifs is 1. The smallest absolute Gasteiger partial charge is 0.353 e. The molecule has 1 aromatic heterocycles. The maximum atomic E-state index is 14.1. The van der Waals surface area contributed by atoms with Gasteiger partial charge >= 0.3 is 5.97 Å². The quantitative estimate of drug-likeness (QED) is 0.789. The summed E-state index contributed by atoms with van der Waals surface area (Å²) in [5.74, 6) is -4.80. The highest BCUT2D eigenvalue weighted by Gasteiger charge is 2.19. The Morgan fingerprint density at radius 2 is 1.61 bits per heavy atom. The van der Waals surface area contributed by atoms with Crippen molar-refractivity contribution in [2.24, 2.45) is 0 Å². The van der Waals surface area contributed by atoms with Gasteiger partial charge in [0.15, 0.2) is 17.1 Å². The SMILES string of the molecule is O=C(O)c1cc(=O)c2cc(F)c(F)cc2n1-c1ccccc1F. The molecule has 0 amide bonds. The number of hydrogen-bond donors (Lipinski definition) is 1. The Bertz CT molecular complexity index is 1010. The summed E-state index contributed by atoms with van der Waals surface area (Å²) >= 11 is 0. The van der Waals surface area contributed by atoms with Crippen LogP contribution in [0.15, 0.2) is 47.3 Å². The third-order valence-corrected chi connectivity index (χ3v) is 3.37. The Balaban J connectivity index is 2.57. The van der Waals surface area contributed by atoms with Crippen LogP contribution in [-0.2, 0) is 0 Å². The van der Waals surface area contributed by atoms with Gasteiger partial charge in [0, 0.05) is 17.5 Å². The Labute approximate surface area is 127 Å². The third kappa shape index (κ3) is 2.36. The van der Waals surface area contributed by atoms with Gasteiger partial charge in [0.05, 0.1) is 11.2 Å². The minimum Gasteiger partial charge on any atom is -0.477 e. The number of pyridine rings is 1. The van der Waals surface area contributed by atoms with Crippen molar-refractivity contribution in [3.05, 3.63) is 75.8 Å².